The minimum Gasteiger partial charge on any atom is -0.371 e. The average Bonchev–Trinajstić information content (AvgIpc) is 2.78. The maximum atomic E-state index is 10.7. The Morgan fingerprint density at radius 3 is 2.78 bits per heavy atom. The molecule has 2 atom stereocenters. The van der Waals surface area contributed by atoms with Gasteiger partial charge in [-0.25, -0.2) is 0 Å². The van der Waals surface area contributed by atoms with E-state index in [2.05, 4.69) is 4.90 Å². The van der Waals surface area contributed by atoms with E-state index in [9.17, 15) is 10.1 Å². The van der Waals surface area contributed by atoms with Gasteiger partial charge in [0, 0.05) is 37.0 Å². The van der Waals surface area contributed by atoms with E-state index < -0.39 is 0 Å². The van der Waals surface area contributed by atoms with Crippen LogP contribution in [0.25, 0.3) is 0 Å². The van der Waals surface area contributed by atoms with Crippen molar-refractivity contribution in [2.45, 2.75) is 26.3 Å². The SMILES string of the molecule is Cc1cc([N+](=O)[O-])ccc1N1CCC(C(C)N)C1. The van der Waals surface area contributed by atoms with Crippen molar-refractivity contribution in [2.24, 2.45) is 11.7 Å². The van der Waals surface area contributed by atoms with E-state index in [0.717, 1.165) is 30.8 Å². The third kappa shape index (κ3) is 2.46. The van der Waals surface area contributed by atoms with Crippen LogP contribution in [0.15, 0.2) is 18.2 Å². The second-order valence-corrected chi connectivity index (χ2v) is 5.08. The third-order valence-electron chi connectivity index (χ3n) is 3.70. The van der Waals surface area contributed by atoms with Gasteiger partial charge in [0.25, 0.3) is 5.69 Å². The van der Waals surface area contributed by atoms with Gasteiger partial charge in [-0.05, 0) is 37.8 Å². The van der Waals surface area contributed by atoms with E-state index in [0.29, 0.717) is 5.92 Å². The van der Waals surface area contributed by atoms with Crippen LogP contribution in [0.5, 0.6) is 0 Å². The molecule has 1 aromatic rings. The number of non-ortho nitro benzene ring substituents is 1. The zero-order chi connectivity index (χ0) is 13.3. The lowest BCUT2D eigenvalue weighted by molar-refractivity contribution is -0.384. The number of nitrogens with zero attached hydrogens (tertiary/aromatic N) is 2. The second kappa shape index (κ2) is 4.94. The molecule has 0 bridgehead atoms. The Balaban J connectivity index is 2.18. The molecule has 2 N–H and O–H groups in total. The summed E-state index contributed by atoms with van der Waals surface area (Å²) in [5.41, 5.74) is 8.12. The van der Waals surface area contributed by atoms with Crippen molar-refractivity contribution in [3.05, 3.63) is 33.9 Å². The molecule has 0 radical (unpaired) electrons. The van der Waals surface area contributed by atoms with E-state index in [1.165, 1.54) is 0 Å². The first-order chi connectivity index (χ1) is 8.49. The lowest BCUT2D eigenvalue weighted by Gasteiger charge is -2.21. The Morgan fingerprint density at radius 2 is 2.28 bits per heavy atom. The molecule has 0 aromatic heterocycles. The van der Waals surface area contributed by atoms with Crippen LogP contribution in [0.3, 0.4) is 0 Å². The first-order valence-corrected chi connectivity index (χ1v) is 6.24. The maximum Gasteiger partial charge on any atom is 0.269 e. The fraction of sp³-hybridized carbons (Fsp3) is 0.538. The fourth-order valence-electron chi connectivity index (χ4n) is 2.54. The largest absolute Gasteiger partial charge is 0.371 e. The molecule has 2 rings (SSSR count). The number of anilines is 1. The summed E-state index contributed by atoms with van der Waals surface area (Å²) in [4.78, 5) is 12.6. The zero-order valence-electron chi connectivity index (χ0n) is 10.8. The van der Waals surface area contributed by atoms with Gasteiger partial charge >= 0.3 is 0 Å². The van der Waals surface area contributed by atoms with Gasteiger partial charge in [0.05, 0.1) is 4.92 Å². The van der Waals surface area contributed by atoms with Gasteiger partial charge in [0.15, 0.2) is 0 Å². The maximum absolute atomic E-state index is 10.7. The number of nitrogens with two attached hydrogens (primary N) is 1. The number of nitro benzene ring substituents is 1. The van der Waals surface area contributed by atoms with Crippen molar-refractivity contribution in [1.29, 1.82) is 0 Å². The number of hydrogen-bond donors (Lipinski definition) is 1. The molecule has 1 heterocycles. The first-order valence-electron chi connectivity index (χ1n) is 6.24. The molecule has 1 aromatic carbocycles. The predicted molar refractivity (Wildman–Crippen MR) is 71.8 cm³/mol. The predicted octanol–water partition coefficient (Wildman–Crippen LogP) is 2.08. The van der Waals surface area contributed by atoms with Gasteiger partial charge in [0.2, 0.25) is 0 Å². The molecular formula is C13H19N3O2. The van der Waals surface area contributed by atoms with E-state index in [4.69, 9.17) is 5.73 Å². The molecule has 0 amide bonds. The molecule has 1 saturated heterocycles. The van der Waals surface area contributed by atoms with Crippen LogP contribution in [0, 0.1) is 23.0 Å². The summed E-state index contributed by atoms with van der Waals surface area (Å²) in [6.07, 6.45) is 1.09. The summed E-state index contributed by atoms with van der Waals surface area (Å²) in [7, 11) is 0. The second-order valence-electron chi connectivity index (χ2n) is 5.08. The van der Waals surface area contributed by atoms with Gasteiger partial charge in [-0.2, -0.15) is 0 Å². The van der Waals surface area contributed by atoms with Crippen LogP contribution in [0.2, 0.25) is 0 Å². The van der Waals surface area contributed by atoms with Crippen molar-refractivity contribution in [3.63, 3.8) is 0 Å². The summed E-state index contributed by atoms with van der Waals surface area (Å²) in [6.45, 7) is 5.87. The minimum absolute atomic E-state index is 0.152. The topological polar surface area (TPSA) is 72.4 Å². The highest BCUT2D eigenvalue weighted by Crippen LogP contribution is 2.30. The molecule has 1 aliphatic rings. The van der Waals surface area contributed by atoms with E-state index >= 15 is 0 Å². The molecular weight excluding hydrogens is 230 g/mol. The highest BCUT2D eigenvalue weighted by molar-refractivity contribution is 5.58. The van der Waals surface area contributed by atoms with Crippen molar-refractivity contribution in [3.8, 4) is 0 Å². The zero-order valence-corrected chi connectivity index (χ0v) is 10.8. The van der Waals surface area contributed by atoms with E-state index in [-0.39, 0.29) is 16.7 Å². The Labute approximate surface area is 107 Å². The molecule has 5 heteroatoms. The molecule has 98 valence electrons. The van der Waals surface area contributed by atoms with Crippen molar-refractivity contribution >= 4 is 11.4 Å². The number of aryl methyl sites for hydroxylation is 1. The average molecular weight is 249 g/mol. The standard InChI is InChI=1S/C13H19N3O2/c1-9-7-12(16(17)18)3-4-13(9)15-6-5-11(8-15)10(2)14/h3-4,7,10-11H,5-6,8,14H2,1-2H3. The Bertz CT molecular complexity index is 460. The number of hydrogen-bond acceptors (Lipinski definition) is 4. The van der Waals surface area contributed by atoms with Crippen molar-refractivity contribution in [2.75, 3.05) is 18.0 Å². The van der Waals surface area contributed by atoms with Crippen LogP contribution in [0.1, 0.15) is 18.9 Å². The summed E-state index contributed by atoms with van der Waals surface area (Å²) in [5, 5.41) is 10.7. The molecule has 0 saturated carbocycles. The molecule has 1 fully saturated rings. The lowest BCUT2D eigenvalue weighted by Crippen LogP contribution is -2.29. The summed E-state index contributed by atoms with van der Waals surface area (Å²) >= 11 is 0. The van der Waals surface area contributed by atoms with Crippen molar-refractivity contribution in [1.82, 2.24) is 0 Å². The Morgan fingerprint density at radius 1 is 1.56 bits per heavy atom. The highest BCUT2D eigenvalue weighted by atomic mass is 16.6. The van der Waals surface area contributed by atoms with Crippen LogP contribution in [0.4, 0.5) is 11.4 Å². The van der Waals surface area contributed by atoms with E-state index in [1.807, 2.05) is 19.9 Å². The smallest absolute Gasteiger partial charge is 0.269 e. The molecule has 0 spiro atoms. The van der Waals surface area contributed by atoms with Gasteiger partial charge < -0.3 is 10.6 Å². The first kappa shape index (κ1) is 12.8. The third-order valence-corrected chi connectivity index (χ3v) is 3.70. The molecule has 18 heavy (non-hydrogen) atoms. The Hall–Kier alpha value is -1.62. The van der Waals surface area contributed by atoms with Crippen LogP contribution in [-0.2, 0) is 0 Å². The van der Waals surface area contributed by atoms with Gasteiger partial charge in [-0.3, -0.25) is 10.1 Å². The fourth-order valence-corrected chi connectivity index (χ4v) is 2.54. The summed E-state index contributed by atoms with van der Waals surface area (Å²) in [6, 6.07) is 5.25. The number of nitro groups is 1. The summed E-state index contributed by atoms with van der Waals surface area (Å²) < 4.78 is 0. The number of rotatable bonds is 3. The number of benzene rings is 1. The van der Waals surface area contributed by atoms with E-state index in [1.54, 1.807) is 12.1 Å². The Kier molecular flexibility index (Phi) is 3.52. The van der Waals surface area contributed by atoms with Gasteiger partial charge in [-0.15, -0.1) is 0 Å². The summed E-state index contributed by atoms with van der Waals surface area (Å²) in [5.74, 6) is 0.514. The van der Waals surface area contributed by atoms with Gasteiger partial charge in [0.1, 0.15) is 0 Å². The molecule has 5 nitrogen and oxygen atoms in total. The molecule has 1 aliphatic heterocycles. The van der Waals surface area contributed by atoms with Crippen LogP contribution >= 0.6 is 0 Å². The normalized spacial score (nSPS) is 21.1. The van der Waals surface area contributed by atoms with Crippen molar-refractivity contribution < 1.29 is 4.92 Å². The van der Waals surface area contributed by atoms with Gasteiger partial charge in [-0.1, -0.05) is 0 Å². The lowest BCUT2D eigenvalue weighted by atomic mass is 10.0. The van der Waals surface area contributed by atoms with Crippen LogP contribution < -0.4 is 10.6 Å². The van der Waals surface area contributed by atoms with Crippen LogP contribution in [-0.4, -0.2) is 24.1 Å². The minimum atomic E-state index is -0.356. The highest BCUT2D eigenvalue weighted by Gasteiger charge is 2.26. The monoisotopic (exact) mass is 249 g/mol. The quantitative estimate of drug-likeness (QED) is 0.657. The molecule has 2 unspecified atom stereocenters. The molecule has 0 aliphatic carbocycles.